The largest absolute Gasteiger partial charge is 0.492 e. The van der Waals surface area contributed by atoms with E-state index in [1.807, 2.05) is 19.1 Å². The van der Waals surface area contributed by atoms with E-state index < -0.39 is 0 Å². The van der Waals surface area contributed by atoms with E-state index >= 15 is 0 Å². The van der Waals surface area contributed by atoms with Gasteiger partial charge in [-0.3, -0.25) is 9.59 Å². The Kier molecular flexibility index (Phi) is 6.23. The number of nitriles is 1. The van der Waals surface area contributed by atoms with Crippen LogP contribution in [0.25, 0.3) is 0 Å². The maximum absolute atomic E-state index is 12.6. The number of nitrogens with zero attached hydrogens (tertiary/aromatic N) is 1. The molecule has 0 atom stereocenters. The molecule has 6 heteroatoms. The van der Waals surface area contributed by atoms with Gasteiger partial charge in [-0.2, -0.15) is 5.26 Å². The number of amides is 2. The average molecular weight is 385 g/mol. The van der Waals surface area contributed by atoms with Crippen molar-refractivity contribution in [2.45, 2.75) is 6.92 Å². The molecule has 144 valence electrons. The van der Waals surface area contributed by atoms with E-state index in [1.165, 1.54) is 6.07 Å². The number of ether oxygens (including phenoxy) is 1. The molecule has 0 heterocycles. The number of para-hydroxylation sites is 2. The zero-order valence-electron chi connectivity index (χ0n) is 15.8. The third-order valence-corrected chi connectivity index (χ3v) is 4.09. The number of hydrogen-bond donors (Lipinski definition) is 2. The molecular formula is C23H19N3O3. The van der Waals surface area contributed by atoms with Crippen LogP contribution in [0.4, 0.5) is 11.4 Å². The average Bonchev–Trinajstić information content (AvgIpc) is 2.76. The first-order valence-electron chi connectivity index (χ1n) is 9.05. The van der Waals surface area contributed by atoms with Crippen LogP contribution in [0.15, 0.2) is 72.8 Å². The van der Waals surface area contributed by atoms with Crippen LogP contribution < -0.4 is 15.4 Å². The minimum atomic E-state index is -0.348. The Morgan fingerprint density at radius 1 is 0.897 bits per heavy atom. The van der Waals surface area contributed by atoms with Gasteiger partial charge in [0.05, 0.1) is 23.9 Å². The van der Waals surface area contributed by atoms with Crippen LogP contribution in [0.2, 0.25) is 0 Å². The lowest BCUT2D eigenvalue weighted by atomic mass is 10.1. The lowest BCUT2D eigenvalue weighted by Gasteiger charge is -2.12. The molecule has 0 aliphatic rings. The van der Waals surface area contributed by atoms with Crippen molar-refractivity contribution < 1.29 is 14.3 Å². The van der Waals surface area contributed by atoms with Gasteiger partial charge in [-0.05, 0) is 61.5 Å². The van der Waals surface area contributed by atoms with Crippen LogP contribution in [0.3, 0.4) is 0 Å². The van der Waals surface area contributed by atoms with Gasteiger partial charge in [0.2, 0.25) is 0 Å². The van der Waals surface area contributed by atoms with Crippen LogP contribution in [-0.4, -0.2) is 18.4 Å². The molecule has 0 aliphatic carbocycles. The highest BCUT2D eigenvalue weighted by Gasteiger charge is 2.13. The number of carbonyl (C=O) groups is 2. The fourth-order valence-corrected chi connectivity index (χ4v) is 2.68. The molecule has 0 bridgehead atoms. The van der Waals surface area contributed by atoms with E-state index in [2.05, 4.69) is 10.6 Å². The van der Waals surface area contributed by atoms with Crippen molar-refractivity contribution in [1.29, 1.82) is 5.26 Å². The van der Waals surface area contributed by atoms with Crippen molar-refractivity contribution in [1.82, 2.24) is 0 Å². The van der Waals surface area contributed by atoms with Crippen molar-refractivity contribution in [3.05, 3.63) is 89.5 Å². The molecule has 3 aromatic carbocycles. The van der Waals surface area contributed by atoms with Gasteiger partial charge in [0.1, 0.15) is 5.75 Å². The molecule has 29 heavy (non-hydrogen) atoms. The molecule has 0 aromatic heterocycles. The summed E-state index contributed by atoms with van der Waals surface area (Å²) in [5.74, 6) is -0.109. The van der Waals surface area contributed by atoms with E-state index in [0.29, 0.717) is 40.4 Å². The fourth-order valence-electron chi connectivity index (χ4n) is 2.68. The molecule has 0 saturated carbocycles. The maximum atomic E-state index is 12.6. The maximum Gasteiger partial charge on any atom is 0.255 e. The quantitative estimate of drug-likeness (QED) is 0.655. The zero-order valence-corrected chi connectivity index (χ0v) is 15.8. The molecule has 0 spiro atoms. The molecule has 2 amide bonds. The van der Waals surface area contributed by atoms with Gasteiger partial charge < -0.3 is 15.4 Å². The summed E-state index contributed by atoms with van der Waals surface area (Å²) in [6.45, 7) is 2.35. The van der Waals surface area contributed by atoms with Gasteiger partial charge in [-0.25, -0.2) is 0 Å². The van der Waals surface area contributed by atoms with Gasteiger partial charge in [-0.15, -0.1) is 0 Å². The predicted octanol–water partition coefficient (Wildman–Crippen LogP) is 4.46. The number of rotatable bonds is 6. The van der Waals surface area contributed by atoms with Gasteiger partial charge >= 0.3 is 0 Å². The second-order valence-electron chi connectivity index (χ2n) is 6.11. The lowest BCUT2D eigenvalue weighted by Crippen LogP contribution is -2.16. The monoisotopic (exact) mass is 385 g/mol. The number of hydrogen-bond acceptors (Lipinski definition) is 4. The Bertz CT molecular complexity index is 1070. The van der Waals surface area contributed by atoms with Gasteiger partial charge in [0.15, 0.2) is 0 Å². The van der Waals surface area contributed by atoms with Crippen LogP contribution in [0.1, 0.15) is 33.2 Å². The molecule has 0 unspecified atom stereocenters. The van der Waals surface area contributed by atoms with E-state index in [0.717, 1.165) is 0 Å². The standard InChI is InChI=1S/C23H19N3O3/c1-2-29-21-9-4-3-8-20(21)26-23(28)18-7-5-6-17(14-18)22(27)25-19-12-10-16(15-24)11-13-19/h3-14H,2H2,1H3,(H,25,27)(H,26,28). The van der Waals surface area contributed by atoms with E-state index in [1.54, 1.807) is 60.7 Å². The van der Waals surface area contributed by atoms with Crippen LogP contribution in [0.5, 0.6) is 5.75 Å². The zero-order chi connectivity index (χ0) is 20.6. The smallest absolute Gasteiger partial charge is 0.255 e. The first-order chi connectivity index (χ1) is 14.1. The highest BCUT2D eigenvalue weighted by atomic mass is 16.5. The van der Waals surface area contributed by atoms with Crippen LogP contribution in [-0.2, 0) is 0 Å². The summed E-state index contributed by atoms with van der Waals surface area (Å²) in [6, 6.07) is 22.2. The van der Waals surface area contributed by atoms with E-state index in [-0.39, 0.29) is 11.8 Å². The second-order valence-corrected chi connectivity index (χ2v) is 6.11. The molecular weight excluding hydrogens is 366 g/mol. The van der Waals surface area contributed by atoms with E-state index in [9.17, 15) is 9.59 Å². The Morgan fingerprint density at radius 2 is 1.55 bits per heavy atom. The molecule has 0 radical (unpaired) electrons. The van der Waals surface area contributed by atoms with Gasteiger partial charge in [0, 0.05) is 16.8 Å². The molecule has 0 saturated heterocycles. The fraction of sp³-hybridized carbons (Fsp3) is 0.0870. The first kappa shape index (κ1) is 19.6. The third-order valence-electron chi connectivity index (χ3n) is 4.09. The molecule has 3 aromatic rings. The highest BCUT2D eigenvalue weighted by molar-refractivity contribution is 6.09. The Balaban J connectivity index is 1.74. The second kappa shape index (κ2) is 9.20. The highest BCUT2D eigenvalue weighted by Crippen LogP contribution is 2.24. The summed E-state index contributed by atoms with van der Waals surface area (Å²) >= 11 is 0. The normalized spacial score (nSPS) is 9.93. The summed E-state index contributed by atoms with van der Waals surface area (Å²) in [7, 11) is 0. The Labute approximate surface area is 168 Å². The van der Waals surface area contributed by atoms with E-state index in [4.69, 9.17) is 10.00 Å². The molecule has 2 N–H and O–H groups in total. The molecule has 0 fully saturated rings. The minimum Gasteiger partial charge on any atom is -0.492 e. The van der Waals surface area contributed by atoms with Crippen LogP contribution >= 0.6 is 0 Å². The Hall–Kier alpha value is -4.11. The number of nitrogens with one attached hydrogen (secondary N) is 2. The van der Waals surface area contributed by atoms with Crippen molar-refractivity contribution >= 4 is 23.2 Å². The summed E-state index contributed by atoms with van der Waals surface area (Å²) in [5, 5.41) is 14.4. The van der Waals surface area contributed by atoms with Crippen molar-refractivity contribution in [2.24, 2.45) is 0 Å². The lowest BCUT2D eigenvalue weighted by molar-refractivity contribution is 0.102. The first-order valence-corrected chi connectivity index (χ1v) is 9.05. The summed E-state index contributed by atoms with van der Waals surface area (Å²) in [5.41, 5.74) is 2.33. The Morgan fingerprint density at radius 3 is 2.21 bits per heavy atom. The molecule has 0 aliphatic heterocycles. The number of carbonyl (C=O) groups excluding carboxylic acids is 2. The van der Waals surface area contributed by atoms with Crippen LogP contribution in [0, 0.1) is 11.3 Å². The number of anilines is 2. The topological polar surface area (TPSA) is 91.2 Å². The molecule has 3 rings (SSSR count). The molecule has 6 nitrogen and oxygen atoms in total. The number of benzene rings is 3. The third kappa shape index (κ3) is 4.99. The van der Waals surface area contributed by atoms with Crippen molar-refractivity contribution in [3.8, 4) is 11.8 Å². The predicted molar refractivity (Wildman–Crippen MR) is 111 cm³/mol. The minimum absolute atomic E-state index is 0.342. The van der Waals surface area contributed by atoms with Gasteiger partial charge in [-0.1, -0.05) is 18.2 Å². The van der Waals surface area contributed by atoms with Crippen molar-refractivity contribution in [2.75, 3.05) is 17.2 Å². The summed E-state index contributed by atoms with van der Waals surface area (Å²) < 4.78 is 5.52. The SMILES string of the molecule is CCOc1ccccc1NC(=O)c1cccc(C(=O)Nc2ccc(C#N)cc2)c1. The van der Waals surface area contributed by atoms with Crippen molar-refractivity contribution in [3.63, 3.8) is 0 Å². The summed E-state index contributed by atoms with van der Waals surface area (Å²) in [4.78, 5) is 25.2. The summed E-state index contributed by atoms with van der Waals surface area (Å²) in [6.07, 6.45) is 0. The van der Waals surface area contributed by atoms with Gasteiger partial charge in [0.25, 0.3) is 11.8 Å².